The van der Waals surface area contributed by atoms with Crippen molar-refractivity contribution in [2.45, 2.75) is 97.5 Å². The molecule has 0 radical (unpaired) electrons. The van der Waals surface area contributed by atoms with E-state index < -0.39 is 11.7 Å². The molecule has 8 nitrogen and oxygen atoms in total. The summed E-state index contributed by atoms with van der Waals surface area (Å²) in [6.45, 7) is 10.9. The lowest BCUT2D eigenvalue weighted by Gasteiger charge is -2.19. The summed E-state index contributed by atoms with van der Waals surface area (Å²) in [6.07, 6.45) is 11.1. The number of ether oxygens (including phenoxy) is 5. The third kappa shape index (κ3) is 26.8. The summed E-state index contributed by atoms with van der Waals surface area (Å²) in [4.78, 5) is 23.1. The van der Waals surface area contributed by atoms with Crippen molar-refractivity contribution in [2.24, 2.45) is 0 Å². The lowest BCUT2D eigenvalue weighted by molar-refractivity contribution is -0.145. The minimum absolute atomic E-state index is 0.142. The first-order valence-electron chi connectivity index (χ1n) is 12.7. The van der Waals surface area contributed by atoms with Crippen LogP contribution in [0.15, 0.2) is 0 Å². The summed E-state index contributed by atoms with van der Waals surface area (Å²) < 4.78 is 26.4. The van der Waals surface area contributed by atoms with Gasteiger partial charge in [0.05, 0.1) is 39.6 Å². The Hall–Kier alpha value is -1.38. The quantitative estimate of drug-likeness (QED) is 0.173. The van der Waals surface area contributed by atoms with E-state index in [-0.39, 0.29) is 12.6 Å². The van der Waals surface area contributed by atoms with Crippen LogP contribution in [-0.2, 0) is 28.5 Å². The van der Waals surface area contributed by atoms with Gasteiger partial charge < -0.3 is 29.0 Å². The maximum absolute atomic E-state index is 11.7. The Bertz CT molecular complexity index is 466. The number of hydrogen-bond donors (Lipinski definition) is 1. The van der Waals surface area contributed by atoms with E-state index in [1.165, 1.54) is 44.9 Å². The fourth-order valence-corrected chi connectivity index (χ4v) is 2.95. The maximum atomic E-state index is 11.7. The van der Waals surface area contributed by atoms with Crippen LogP contribution in [0.1, 0.15) is 91.9 Å². The summed E-state index contributed by atoms with van der Waals surface area (Å²) in [5.74, 6) is -0.142. The molecular weight excluding hydrogens is 426 g/mol. The number of hydrogen-bond acceptors (Lipinski definition) is 7. The lowest BCUT2D eigenvalue weighted by atomic mass is 10.1. The predicted molar refractivity (Wildman–Crippen MR) is 129 cm³/mol. The van der Waals surface area contributed by atoms with Crippen molar-refractivity contribution in [1.29, 1.82) is 0 Å². The summed E-state index contributed by atoms with van der Waals surface area (Å²) in [5.41, 5.74) is -0.505. The fourth-order valence-electron chi connectivity index (χ4n) is 2.95. The first kappa shape index (κ1) is 31.6. The third-order valence-corrected chi connectivity index (χ3v) is 4.63. The standard InChI is InChI=1S/C25H49NO7/c1-5-6-7-8-9-10-11-12-13-14-23(27)32-22-21-31-20-19-30-18-17-29-16-15-26-24(28)33-25(2,3)4/h5-22H2,1-4H3,(H,26,28). The van der Waals surface area contributed by atoms with Crippen LogP contribution in [-0.4, -0.2) is 70.5 Å². The molecule has 0 aliphatic heterocycles. The molecule has 0 fully saturated rings. The topological polar surface area (TPSA) is 92.3 Å². The number of carbonyl (C=O) groups excluding carboxylic acids is 2. The van der Waals surface area contributed by atoms with Crippen molar-refractivity contribution in [2.75, 3.05) is 52.8 Å². The highest BCUT2D eigenvalue weighted by Crippen LogP contribution is 2.10. The van der Waals surface area contributed by atoms with Gasteiger partial charge in [-0.05, 0) is 27.2 Å². The molecule has 0 bridgehead atoms. The molecule has 0 aromatic rings. The third-order valence-electron chi connectivity index (χ3n) is 4.63. The predicted octanol–water partition coefficient (Wildman–Crippen LogP) is 5.03. The molecule has 0 aromatic heterocycles. The highest BCUT2D eigenvalue weighted by Gasteiger charge is 2.15. The number of nitrogens with one attached hydrogen (secondary N) is 1. The highest BCUT2D eigenvalue weighted by atomic mass is 16.6. The number of carbonyl (C=O) groups is 2. The molecule has 33 heavy (non-hydrogen) atoms. The lowest BCUT2D eigenvalue weighted by Crippen LogP contribution is -2.34. The Kier molecular flexibility index (Phi) is 21.5. The van der Waals surface area contributed by atoms with Gasteiger partial charge in [-0.1, -0.05) is 58.3 Å². The van der Waals surface area contributed by atoms with Gasteiger partial charge in [0.25, 0.3) is 0 Å². The number of rotatable bonds is 22. The molecule has 0 aliphatic carbocycles. The number of amides is 1. The number of esters is 1. The van der Waals surface area contributed by atoms with E-state index in [0.29, 0.717) is 52.6 Å². The van der Waals surface area contributed by atoms with E-state index in [2.05, 4.69) is 12.2 Å². The van der Waals surface area contributed by atoms with Crippen LogP contribution in [0.25, 0.3) is 0 Å². The van der Waals surface area contributed by atoms with Gasteiger partial charge in [-0.15, -0.1) is 0 Å². The second-order valence-corrected chi connectivity index (χ2v) is 9.06. The second-order valence-electron chi connectivity index (χ2n) is 9.06. The summed E-state index contributed by atoms with van der Waals surface area (Å²) in [5, 5.41) is 2.62. The molecule has 0 unspecified atom stereocenters. The average molecular weight is 476 g/mol. The van der Waals surface area contributed by atoms with Gasteiger partial charge in [-0.25, -0.2) is 4.79 Å². The van der Waals surface area contributed by atoms with Gasteiger partial charge in [-0.2, -0.15) is 0 Å². The average Bonchev–Trinajstić information content (AvgIpc) is 2.74. The van der Waals surface area contributed by atoms with Gasteiger partial charge in [0.2, 0.25) is 0 Å². The molecule has 0 aliphatic rings. The number of alkyl carbamates (subject to hydrolysis) is 1. The molecule has 0 rings (SSSR count). The molecular formula is C25H49NO7. The van der Waals surface area contributed by atoms with Crippen LogP contribution in [0.4, 0.5) is 4.79 Å². The van der Waals surface area contributed by atoms with E-state index >= 15 is 0 Å². The molecule has 0 aromatic carbocycles. The Morgan fingerprint density at radius 3 is 1.70 bits per heavy atom. The van der Waals surface area contributed by atoms with E-state index in [4.69, 9.17) is 23.7 Å². The molecule has 0 spiro atoms. The van der Waals surface area contributed by atoms with Gasteiger partial charge in [-0.3, -0.25) is 4.79 Å². The van der Waals surface area contributed by atoms with Crippen molar-refractivity contribution in [3.8, 4) is 0 Å². The van der Waals surface area contributed by atoms with E-state index in [1.807, 2.05) is 20.8 Å². The molecule has 1 amide bonds. The van der Waals surface area contributed by atoms with Crippen LogP contribution < -0.4 is 5.32 Å². The van der Waals surface area contributed by atoms with Crippen molar-refractivity contribution >= 4 is 12.1 Å². The summed E-state index contributed by atoms with van der Waals surface area (Å²) in [7, 11) is 0. The maximum Gasteiger partial charge on any atom is 0.407 e. The molecule has 196 valence electrons. The van der Waals surface area contributed by atoms with Gasteiger partial charge in [0.1, 0.15) is 12.2 Å². The summed E-state index contributed by atoms with van der Waals surface area (Å²) in [6, 6.07) is 0. The molecule has 8 heteroatoms. The highest BCUT2D eigenvalue weighted by molar-refractivity contribution is 5.69. The van der Waals surface area contributed by atoms with Gasteiger partial charge in [0.15, 0.2) is 0 Å². The van der Waals surface area contributed by atoms with Crippen LogP contribution >= 0.6 is 0 Å². The Labute approximate surface area is 201 Å². The van der Waals surface area contributed by atoms with E-state index in [1.54, 1.807) is 0 Å². The zero-order chi connectivity index (χ0) is 24.6. The van der Waals surface area contributed by atoms with Crippen molar-refractivity contribution in [3.05, 3.63) is 0 Å². The number of unbranched alkanes of at least 4 members (excludes halogenated alkanes) is 8. The second kappa shape index (κ2) is 22.4. The molecule has 0 atom stereocenters. The zero-order valence-corrected chi connectivity index (χ0v) is 21.6. The normalized spacial score (nSPS) is 11.4. The first-order valence-corrected chi connectivity index (χ1v) is 12.7. The molecule has 0 heterocycles. The van der Waals surface area contributed by atoms with Crippen LogP contribution in [0, 0.1) is 0 Å². The van der Waals surface area contributed by atoms with Crippen molar-refractivity contribution < 1.29 is 33.3 Å². The largest absolute Gasteiger partial charge is 0.463 e. The zero-order valence-electron chi connectivity index (χ0n) is 21.6. The molecule has 0 saturated carbocycles. The smallest absolute Gasteiger partial charge is 0.407 e. The SMILES string of the molecule is CCCCCCCCCCCC(=O)OCCOCCOCCOCCNC(=O)OC(C)(C)C. The minimum atomic E-state index is -0.505. The fraction of sp³-hybridized carbons (Fsp3) is 0.920. The first-order chi connectivity index (χ1) is 15.8. The van der Waals surface area contributed by atoms with Crippen molar-refractivity contribution in [1.82, 2.24) is 5.32 Å². The van der Waals surface area contributed by atoms with Crippen molar-refractivity contribution in [3.63, 3.8) is 0 Å². The molecule has 0 saturated heterocycles. The Morgan fingerprint density at radius 2 is 1.15 bits per heavy atom. The van der Waals surface area contributed by atoms with E-state index in [9.17, 15) is 9.59 Å². The molecule has 1 N–H and O–H groups in total. The van der Waals surface area contributed by atoms with Gasteiger partial charge >= 0.3 is 12.1 Å². The van der Waals surface area contributed by atoms with Crippen LogP contribution in [0.5, 0.6) is 0 Å². The van der Waals surface area contributed by atoms with Crippen LogP contribution in [0.2, 0.25) is 0 Å². The Balaban J connectivity index is 3.24. The van der Waals surface area contributed by atoms with Crippen LogP contribution in [0.3, 0.4) is 0 Å². The van der Waals surface area contributed by atoms with Gasteiger partial charge in [0, 0.05) is 13.0 Å². The summed E-state index contributed by atoms with van der Waals surface area (Å²) >= 11 is 0. The monoisotopic (exact) mass is 475 g/mol. The minimum Gasteiger partial charge on any atom is -0.463 e. The Morgan fingerprint density at radius 1 is 0.667 bits per heavy atom. The van der Waals surface area contributed by atoms with E-state index in [0.717, 1.165) is 12.8 Å².